The third-order valence-corrected chi connectivity index (χ3v) is 3.37. The second-order valence-corrected chi connectivity index (χ2v) is 5.62. The van der Waals surface area contributed by atoms with E-state index in [1.807, 2.05) is 25.1 Å². The zero-order valence-corrected chi connectivity index (χ0v) is 13.3. The summed E-state index contributed by atoms with van der Waals surface area (Å²) in [6, 6.07) is 9.28. The van der Waals surface area contributed by atoms with Gasteiger partial charge in [-0.3, -0.25) is 4.79 Å². The standard InChI is InChI=1S/C14H11Br2NO2/c1-9-2-3-10(15)8-12(9)17-14(18)7-5-11-4-6-13(16)19-11/h2-8H,1H3,(H,17,18)/b7-5+. The minimum absolute atomic E-state index is 0.200. The first-order valence-corrected chi connectivity index (χ1v) is 7.14. The van der Waals surface area contributed by atoms with Crippen molar-refractivity contribution in [2.75, 3.05) is 5.32 Å². The van der Waals surface area contributed by atoms with E-state index in [0.717, 1.165) is 15.7 Å². The highest BCUT2D eigenvalue weighted by atomic mass is 79.9. The van der Waals surface area contributed by atoms with Gasteiger partial charge in [-0.15, -0.1) is 0 Å². The van der Waals surface area contributed by atoms with Crippen LogP contribution in [0.1, 0.15) is 11.3 Å². The van der Waals surface area contributed by atoms with Crippen LogP contribution in [-0.4, -0.2) is 5.91 Å². The number of carbonyl (C=O) groups excluding carboxylic acids is 1. The number of anilines is 1. The van der Waals surface area contributed by atoms with Crippen molar-refractivity contribution in [2.24, 2.45) is 0 Å². The third-order valence-electron chi connectivity index (χ3n) is 2.45. The first-order valence-electron chi connectivity index (χ1n) is 5.55. The van der Waals surface area contributed by atoms with Crippen molar-refractivity contribution in [3.05, 3.63) is 56.9 Å². The molecule has 0 fully saturated rings. The molecule has 3 nitrogen and oxygen atoms in total. The van der Waals surface area contributed by atoms with E-state index < -0.39 is 0 Å². The predicted molar refractivity (Wildman–Crippen MR) is 83.0 cm³/mol. The van der Waals surface area contributed by atoms with Crippen LogP contribution in [0.15, 0.2) is 50.0 Å². The van der Waals surface area contributed by atoms with E-state index in [-0.39, 0.29) is 5.91 Å². The Hall–Kier alpha value is -1.33. The Bertz CT molecular complexity index is 632. The average Bonchev–Trinajstić information content (AvgIpc) is 2.77. The molecule has 0 radical (unpaired) electrons. The lowest BCUT2D eigenvalue weighted by Gasteiger charge is -2.06. The molecule has 0 aliphatic carbocycles. The molecule has 0 spiro atoms. The molecular formula is C14H11Br2NO2. The second kappa shape index (κ2) is 6.21. The van der Waals surface area contributed by atoms with E-state index in [2.05, 4.69) is 37.2 Å². The van der Waals surface area contributed by atoms with Gasteiger partial charge in [-0.25, -0.2) is 0 Å². The van der Waals surface area contributed by atoms with Gasteiger partial charge in [-0.05, 0) is 58.8 Å². The van der Waals surface area contributed by atoms with Gasteiger partial charge in [0.05, 0.1) is 0 Å². The van der Waals surface area contributed by atoms with E-state index in [1.54, 1.807) is 18.2 Å². The summed E-state index contributed by atoms with van der Waals surface area (Å²) in [5.74, 6) is 0.418. The van der Waals surface area contributed by atoms with Gasteiger partial charge in [0.15, 0.2) is 4.67 Å². The van der Waals surface area contributed by atoms with E-state index in [0.29, 0.717) is 10.4 Å². The highest BCUT2D eigenvalue weighted by Crippen LogP contribution is 2.20. The zero-order valence-electron chi connectivity index (χ0n) is 10.1. The molecular weight excluding hydrogens is 374 g/mol. The van der Waals surface area contributed by atoms with Gasteiger partial charge in [-0.2, -0.15) is 0 Å². The van der Waals surface area contributed by atoms with Crippen LogP contribution in [0.5, 0.6) is 0 Å². The maximum absolute atomic E-state index is 11.8. The Morgan fingerprint density at radius 1 is 1.26 bits per heavy atom. The van der Waals surface area contributed by atoms with Gasteiger partial charge >= 0.3 is 0 Å². The molecule has 0 bridgehead atoms. The largest absolute Gasteiger partial charge is 0.450 e. The Kier molecular flexibility index (Phi) is 4.61. The Balaban J connectivity index is 2.05. The molecule has 0 aliphatic heterocycles. The maximum Gasteiger partial charge on any atom is 0.248 e. The summed E-state index contributed by atoms with van der Waals surface area (Å²) in [5.41, 5.74) is 1.79. The van der Waals surface area contributed by atoms with E-state index in [9.17, 15) is 4.79 Å². The number of hydrogen-bond acceptors (Lipinski definition) is 2. The van der Waals surface area contributed by atoms with Crippen LogP contribution in [0.25, 0.3) is 6.08 Å². The van der Waals surface area contributed by atoms with Gasteiger partial charge in [-0.1, -0.05) is 22.0 Å². The third kappa shape index (κ3) is 4.08. The van der Waals surface area contributed by atoms with E-state index in [1.165, 1.54) is 6.08 Å². The summed E-state index contributed by atoms with van der Waals surface area (Å²) in [7, 11) is 0. The van der Waals surface area contributed by atoms with Crippen molar-refractivity contribution >= 4 is 49.5 Å². The van der Waals surface area contributed by atoms with Crippen LogP contribution in [0, 0.1) is 6.92 Å². The number of hydrogen-bond donors (Lipinski definition) is 1. The molecule has 1 heterocycles. The van der Waals surface area contributed by atoms with Gasteiger partial charge in [0.1, 0.15) is 5.76 Å². The quantitative estimate of drug-likeness (QED) is 0.774. The van der Waals surface area contributed by atoms with Crippen LogP contribution in [0.3, 0.4) is 0 Å². The minimum Gasteiger partial charge on any atom is -0.450 e. The lowest BCUT2D eigenvalue weighted by atomic mass is 10.2. The fourth-order valence-corrected chi connectivity index (χ4v) is 2.16. The predicted octanol–water partition coefficient (Wildman–Crippen LogP) is 4.76. The van der Waals surface area contributed by atoms with Gasteiger partial charge in [0.2, 0.25) is 5.91 Å². The van der Waals surface area contributed by atoms with Crippen LogP contribution < -0.4 is 5.32 Å². The van der Waals surface area contributed by atoms with Gasteiger partial charge < -0.3 is 9.73 Å². The molecule has 19 heavy (non-hydrogen) atoms. The summed E-state index contributed by atoms with van der Waals surface area (Å²) < 4.78 is 6.83. The molecule has 5 heteroatoms. The van der Waals surface area contributed by atoms with Crippen LogP contribution in [0.2, 0.25) is 0 Å². The first-order chi connectivity index (χ1) is 9.04. The van der Waals surface area contributed by atoms with Crippen molar-refractivity contribution < 1.29 is 9.21 Å². The van der Waals surface area contributed by atoms with E-state index >= 15 is 0 Å². The zero-order chi connectivity index (χ0) is 13.8. The number of aryl methyl sites for hydroxylation is 1. The molecule has 2 rings (SSSR count). The second-order valence-electron chi connectivity index (χ2n) is 3.92. The molecule has 0 unspecified atom stereocenters. The Morgan fingerprint density at radius 2 is 2.05 bits per heavy atom. The van der Waals surface area contributed by atoms with Crippen molar-refractivity contribution in [1.29, 1.82) is 0 Å². The summed E-state index contributed by atoms with van der Waals surface area (Å²) in [4.78, 5) is 11.8. The molecule has 0 saturated heterocycles. The van der Waals surface area contributed by atoms with Gasteiger partial charge in [0.25, 0.3) is 0 Å². The van der Waals surface area contributed by atoms with Crippen molar-refractivity contribution in [1.82, 2.24) is 0 Å². The monoisotopic (exact) mass is 383 g/mol. The summed E-state index contributed by atoms with van der Waals surface area (Å²) in [6.45, 7) is 1.94. The van der Waals surface area contributed by atoms with Crippen molar-refractivity contribution in [2.45, 2.75) is 6.92 Å². The van der Waals surface area contributed by atoms with Crippen LogP contribution in [0.4, 0.5) is 5.69 Å². The normalized spacial score (nSPS) is 10.9. The highest BCUT2D eigenvalue weighted by Gasteiger charge is 2.03. The smallest absolute Gasteiger partial charge is 0.248 e. The molecule has 2 aromatic rings. The molecule has 0 atom stereocenters. The van der Waals surface area contributed by atoms with Crippen LogP contribution >= 0.6 is 31.9 Å². The average molecular weight is 385 g/mol. The number of rotatable bonds is 3. The molecule has 1 aromatic carbocycles. The molecule has 1 aromatic heterocycles. The van der Waals surface area contributed by atoms with Crippen molar-refractivity contribution in [3.8, 4) is 0 Å². The molecule has 1 N–H and O–H groups in total. The SMILES string of the molecule is Cc1ccc(Br)cc1NC(=O)/C=C/c1ccc(Br)o1. The Labute approximate surface area is 127 Å². The number of amides is 1. The highest BCUT2D eigenvalue weighted by molar-refractivity contribution is 9.10. The summed E-state index contributed by atoms with van der Waals surface area (Å²) in [5, 5.41) is 2.82. The molecule has 0 aliphatic rings. The topological polar surface area (TPSA) is 42.2 Å². The summed E-state index contributed by atoms with van der Waals surface area (Å²) >= 11 is 6.58. The number of nitrogens with one attached hydrogen (secondary N) is 1. The number of carbonyl (C=O) groups is 1. The fourth-order valence-electron chi connectivity index (χ4n) is 1.48. The van der Waals surface area contributed by atoms with Gasteiger partial charge in [0, 0.05) is 16.2 Å². The fraction of sp³-hybridized carbons (Fsp3) is 0.0714. The molecule has 98 valence electrons. The molecule has 0 saturated carbocycles. The van der Waals surface area contributed by atoms with Crippen molar-refractivity contribution in [3.63, 3.8) is 0 Å². The van der Waals surface area contributed by atoms with Crippen LogP contribution in [-0.2, 0) is 4.79 Å². The first kappa shape index (κ1) is 14.1. The minimum atomic E-state index is -0.200. The lowest BCUT2D eigenvalue weighted by Crippen LogP contribution is -2.08. The Morgan fingerprint density at radius 3 is 2.74 bits per heavy atom. The lowest BCUT2D eigenvalue weighted by molar-refractivity contribution is -0.111. The maximum atomic E-state index is 11.8. The summed E-state index contributed by atoms with van der Waals surface area (Å²) in [6.07, 6.45) is 3.05. The number of benzene rings is 1. The number of halogens is 2. The number of furan rings is 1. The van der Waals surface area contributed by atoms with E-state index in [4.69, 9.17) is 4.42 Å². The molecule has 1 amide bonds.